The van der Waals surface area contributed by atoms with Gasteiger partial charge in [0.05, 0.1) is 6.26 Å². The largest absolute Gasteiger partial charge is 0.459 e. The average Bonchev–Trinajstić information content (AvgIpc) is 2.96. The van der Waals surface area contributed by atoms with Gasteiger partial charge < -0.3 is 15.1 Å². The Hall–Kier alpha value is -2.83. The molecule has 0 bridgehead atoms. The summed E-state index contributed by atoms with van der Waals surface area (Å²) in [6.07, 6.45) is 1.43. The number of carbonyl (C=O) groups excluding carboxylic acids is 2. The molecule has 0 saturated heterocycles. The van der Waals surface area contributed by atoms with Crippen LogP contribution in [0.25, 0.3) is 0 Å². The van der Waals surface area contributed by atoms with Crippen molar-refractivity contribution in [1.82, 2.24) is 15.6 Å². The maximum Gasteiger partial charge on any atom is 0.320 e. The number of hydrogen-bond donors (Lipinski definition) is 3. The highest BCUT2D eigenvalue weighted by molar-refractivity contribution is 5.91. The zero-order chi connectivity index (χ0) is 15.9. The van der Waals surface area contributed by atoms with Gasteiger partial charge in [0, 0.05) is 18.8 Å². The zero-order valence-electron chi connectivity index (χ0n) is 12.5. The minimum Gasteiger partial charge on any atom is -0.459 e. The SMILES string of the molecule is Cc1cc(C)nc(NC(=O)NCCNC(=O)c2ccco2)c1. The van der Waals surface area contributed by atoms with Gasteiger partial charge in [0.1, 0.15) is 5.82 Å². The minimum atomic E-state index is -0.371. The summed E-state index contributed by atoms with van der Waals surface area (Å²) in [5.74, 6) is 0.418. The number of aromatic nitrogens is 1. The molecule has 7 heteroatoms. The Bertz CT molecular complexity index is 633. The van der Waals surface area contributed by atoms with Gasteiger partial charge in [0.2, 0.25) is 0 Å². The van der Waals surface area contributed by atoms with E-state index >= 15 is 0 Å². The van der Waals surface area contributed by atoms with Gasteiger partial charge >= 0.3 is 6.03 Å². The molecule has 0 radical (unpaired) electrons. The average molecular weight is 302 g/mol. The molecule has 0 unspecified atom stereocenters. The van der Waals surface area contributed by atoms with Crippen LogP contribution in [-0.4, -0.2) is 30.0 Å². The standard InChI is InChI=1S/C15H18N4O3/c1-10-8-11(2)18-13(9-10)19-15(21)17-6-5-16-14(20)12-4-3-7-22-12/h3-4,7-9H,5-6H2,1-2H3,(H,16,20)(H2,17,18,19,21). The van der Waals surface area contributed by atoms with Crippen molar-refractivity contribution in [2.45, 2.75) is 13.8 Å². The summed E-state index contributed by atoms with van der Waals surface area (Å²) >= 11 is 0. The van der Waals surface area contributed by atoms with E-state index in [-0.39, 0.29) is 17.7 Å². The van der Waals surface area contributed by atoms with Gasteiger partial charge in [-0.05, 0) is 43.7 Å². The number of nitrogens with one attached hydrogen (secondary N) is 3. The smallest absolute Gasteiger partial charge is 0.320 e. The molecular formula is C15H18N4O3. The summed E-state index contributed by atoms with van der Waals surface area (Å²) in [6.45, 7) is 4.39. The fourth-order valence-electron chi connectivity index (χ4n) is 1.91. The number of rotatable bonds is 5. The van der Waals surface area contributed by atoms with E-state index in [0.717, 1.165) is 11.3 Å². The van der Waals surface area contributed by atoms with Crippen molar-refractivity contribution in [1.29, 1.82) is 0 Å². The molecule has 116 valence electrons. The van der Waals surface area contributed by atoms with Crippen LogP contribution in [0, 0.1) is 13.8 Å². The van der Waals surface area contributed by atoms with E-state index in [9.17, 15) is 9.59 Å². The molecule has 3 amide bonds. The highest BCUT2D eigenvalue weighted by atomic mass is 16.3. The van der Waals surface area contributed by atoms with Crippen molar-refractivity contribution in [3.05, 3.63) is 47.5 Å². The Morgan fingerprint density at radius 1 is 1.18 bits per heavy atom. The Kier molecular flexibility index (Phi) is 5.13. The first-order valence-corrected chi connectivity index (χ1v) is 6.86. The fraction of sp³-hybridized carbons (Fsp3) is 0.267. The van der Waals surface area contributed by atoms with Crippen molar-refractivity contribution in [3.8, 4) is 0 Å². The second kappa shape index (κ2) is 7.26. The molecule has 22 heavy (non-hydrogen) atoms. The van der Waals surface area contributed by atoms with Crippen LogP contribution in [0.15, 0.2) is 34.9 Å². The van der Waals surface area contributed by atoms with Crippen LogP contribution < -0.4 is 16.0 Å². The van der Waals surface area contributed by atoms with Crippen LogP contribution in [0.1, 0.15) is 21.8 Å². The van der Waals surface area contributed by atoms with Crippen molar-refractivity contribution >= 4 is 17.8 Å². The van der Waals surface area contributed by atoms with E-state index in [1.54, 1.807) is 18.2 Å². The molecule has 3 N–H and O–H groups in total. The number of pyridine rings is 1. The normalized spacial score (nSPS) is 10.1. The van der Waals surface area contributed by atoms with E-state index in [1.165, 1.54) is 6.26 Å². The second-order valence-corrected chi connectivity index (χ2v) is 4.79. The highest BCUT2D eigenvalue weighted by Gasteiger charge is 2.07. The predicted molar refractivity (Wildman–Crippen MR) is 81.8 cm³/mol. The van der Waals surface area contributed by atoms with Crippen LogP contribution in [0.2, 0.25) is 0 Å². The lowest BCUT2D eigenvalue weighted by atomic mass is 10.2. The molecule has 7 nitrogen and oxygen atoms in total. The predicted octanol–water partition coefficient (Wildman–Crippen LogP) is 1.84. The third-order valence-electron chi connectivity index (χ3n) is 2.78. The summed E-state index contributed by atoms with van der Waals surface area (Å²) < 4.78 is 4.95. The number of hydrogen-bond acceptors (Lipinski definition) is 4. The van der Waals surface area contributed by atoms with Crippen molar-refractivity contribution in [2.24, 2.45) is 0 Å². The Balaban J connectivity index is 1.70. The number of amides is 3. The van der Waals surface area contributed by atoms with Crippen LogP contribution in [-0.2, 0) is 0 Å². The number of furan rings is 1. The zero-order valence-corrected chi connectivity index (χ0v) is 12.5. The molecule has 0 saturated carbocycles. The first-order valence-electron chi connectivity index (χ1n) is 6.86. The fourth-order valence-corrected chi connectivity index (χ4v) is 1.91. The second-order valence-electron chi connectivity index (χ2n) is 4.79. The molecule has 0 spiro atoms. The third kappa shape index (κ3) is 4.62. The third-order valence-corrected chi connectivity index (χ3v) is 2.78. The van der Waals surface area contributed by atoms with Gasteiger partial charge in [-0.1, -0.05) is 0 Å². The molecule has 0 aliphatic carbocycles. The number of nitrogens with zero attached hydrogens (tertiary/aromatic N) is 1. The number of aryl methyl sites for hydroxylation is 2. The van der Waals surface area contributed by atoms with Crippen LogP contribution in [0.3, 0.4) is 0 Å². The highest BCUT2D eigenvalue weighted by Crippen LogP contribution is 2.08. The van der Waals surface area contributed by atoms with Crippen molar-refractivity contribution < 1.29 is 14.0 Å². The summed E-state index contributed by atoms with van der Waals surface area (Å²) in [5.41, 5.74) is 1.86. The molecule has 2 aromatic heterocycles. The Morgan fingerprint density at radius 3 is 2.64 bits per heavy atom. The van der Waals surface area contributed by atoms with Gasteiger partial charge in [-0.2, -0.15) is 0 Å². The van der Waals surface area contributed by atoms with Crippen molar-refractivity contribution in [3.63, 3.8) is 0 Å². The van der Waals surface area contributed by atoms with Crippen LogP contribution >= 0.6 is 0 Å². The lowest BCUT2D eigenvalue weighted by molar-refractivity contribution is 0.0926. The topological polar surface area (TPSA) is 96.3 Å². The van der Waals surface area contributed by atoms with E-state index in [4.69, 9.17) is 4.42 Å². The maximum absolute atomic E-state index is 11.7. The van der Waals surface area contributed by atoms with E-state index in [0.29, 0.717) is 18.9 Å². The van der Waals surface area contributed by atoms with Crippen molar-refractivity contribution in [2.75, 3.05) is 18.4 Å². The number of urea groups is 1. The lowest BCUT2D eigenvalue weighted by Gasteiger charge is -2.08. The van der Waals surface area contributed by atoms with Gasteiger partial charge in [-0.3, -0.25) is 10.1 Å². The molecule has 2 rings (SSSR count). The van der Waals surface area contributed by atoms with Crippen LogP contribution in [0.4, 0.5) is 10.6 Å². The summed E-state index contributed by atoms with van der Waals surface area (Å²) in [5, 5.41) is 7.91. The summed E-state index contributed by atoms with van der Waals surface area (Å²) in [4.78, 5) is 27.5. The molecule has 0 aliphatic heterocycles. The molecular weight excluding hydrogens is 284 g/mol. The summed E-state index contributed by atoms with van der Waals surface area (Å²) in [7, 11) is 0. The monoisotopic (exact) mass is 302 g/mol. The first kappa shape index (κ1) is 15.6. The Labute approximate surface area is 128 Å². The number of carbonyl (C=O) groups is 2. The molecule has 2 aromatic rings. The minimum absolute atomic E-state index is 0.240. The molecule has 0 atom stereocenters. The van der Waals surface area contributed by atoms with Crippen LogP contribution in [0.5, 0.6) is 0 Å². The maximum atomic E-state index is 11.7. The van der Waals surface area contributed by atoms with E-state index < -0.39 is 0 Å². The Morgan fingerprint density at radius 2 is 1.95 bits per heavy atom. The van der Waals surface area contributed by atoms with Gasteiger partial charge in [-0.15, -0.1) is 0 Å². The molecule has 0 aromatic carbocycles. The quantitative estimate of drug-likeness (QED) is 0.734. The van der Waals surface area contributed by atoms with E-state index in [2.05, 4.69) is 20.9 Å². The van der Waals surface area contributed by atoms with Gasteiger partial charge in [0.15, 0.2) is 5.76 Å². The van der Waals surface area contributed by atoms with Gasteiger partial charge in [-0.25, -0.2) is 9.78 Å². The molecule has 2 heterocycles. The number of anilines is 1. The lowest BCUT2D eigenvalue weighted by Crippen LogP contribution is -2.36. The summed E-state index contributed by atoms with van der Waals surface area (Å²) in [6, 6.07) is 6.54. The molecule has 0 fully saturated rings. The van der Waals surface area contributed by atoms with E-state index in [1.807, 2.05) is 19.9 Å². The first-order chi connectivity index (χ1) is 10.5. The molecule has 0 aliphatic rings. The van der Waals surface area contributed by atoms with Gasteiger partial charge in [0.25, 0.3) is 5.91 Å².